The van der Waals surface area contributed by atoms with Gasteiger partial charge in [0.1, 0.15) is 11.9 Å². The lowest BCUT2D eigenvalue weighted by Gasteiger charge is -2.25. The van der Waals surface area contributed by atoms with Crippen LogP contribution in [-0.2, 0) is 14.3 Å². The van der Waals surface area contributed by atoms with Gasteiger partial charge in [0.15, 0.2) is 0 Å². The molecular weight excluding hydrogens is 196 g/mol. The van der Waals surface area contributed by atoms with Crippen LogP contribution in [0.1, 0.15) is 34.1 Å². The van der Waals surface area contributed by atoms with Gasteiger partial charge in [-0.25, -0.2) is 4.79 Å². The Morgan fingerprint density at radius 3 is 2.67 bits per heavy atom. The minimum Gasteiger partial charge on any atom is -0.491 e. The number of hydrogen-bond acceptors (Lipinski definition) is 4. The lowest BCUT2D eigenvalue weighted by atomic mass is 9.97. The van der Waals surface area contributed by atoms with Crippen molar-refractivity contribution < 1.29 is 19.4 Å². The van der Waals surface area contributed by atoms with E-state index in [0.29, 0.717) is 24.4 Å². The van der Waals surface area contributed by atoms with Crippen LogP contribution in [0.3, 0.4) is 0 Å². The summed E-state index contributed by atoms with van der Waals surface area (Å²) in [5.74, 6) is 0.210. The molecule has 0 saturated carbocycles. The second-order valence-electron chi connectivity index (χ2n) is 4.22. The molecule has 15 heavy (non-hydrogen) atoms. The zero-order valence-corrected chi connectivity index (χ0v) is 9.66. The lowest BCUT2D eigenvalue weighted by Crippen LogP contribution is -2.35. The molecule has 0 radical (unpaired) electrons. The van der Waals surface area contributed by atoms with Crippen LogP contribution in [0.4, 0.5) is 0 Å². The highest BCUT2D eigenvalue weighted by molar-refractivity contribution is 5.89. The maximum Gasteiger partial charge on any atom is 0.337 e. The molecule has 86 valence electrons. The molecule has 1 aliphatic rings. The monoisotopic (exact) mass is 214 g/mol. The predicted octanol–water partition coefficient (Wildman–Crippen LogP) is 1.38. The molecule has 4 heteroatoms. The molecule has 0 aromatic carbocycles. The SMILES string of the molecule is CCOC(=O)C1=C(C)OC(C(C)(C)O)C1. The van der Waals surface area contributed by atoms with E-state index in [4.69, 9.17) is 9.47 Å². The zero-order chi connectivity index (χ0) is 11.6. The van der Waals surface area contributed by atoms with Crippen LogP contribution in [0.15, 0.2) is 11.3 Å². The highest BCUT2D eigenvalue weighted by Gasteiger charge is 2.37. The van der Waals surface area contributed by atoms with Crippen molar-refractivity contribution in [2.75, 3.05) is 6.61 Å². The molecule has 1 unspecified atom stereocenters. The minimum atomic E-state index is -0.949. The number of carbonyl (C=O) groups excluding carboxylic acids is 1. The number of aliphatic hydroxyl groups is 1. The van der Waals surface area contributed by atoms with Crippen LogP contribution in [0.2, 0.25) is 0 Å². The van der Waals surface area contributed by atoms with Gasteiger partial charge in [-0.1, -0.05) is 0 Å². The summed E-state index contributed by atoms with van der Waals surface area (Å²) in [5.41, 5.74) is -0.417. The number of allylic oxidation sites excluding steroid dienone is 1. The Morgan fingerprint density at radius 2 is 2.27 bits per heavy atom. The molecule has 0 spiro atoms. The van der Waals surface area contributed by atoms with Crippen molar-refractivity contribution in [3.05, 3.63) is 11.3 Å². The molecule has 1 rings (SSSR count). The first-order chi connectivity index (χ1) is 6.86. The van der Waals surface area contributed by atoms with E-state index in [0.717, 1.165) is 0 Å². The molecule has 1 atom stereocenters. The zero-order valence-electron chi connectivity index (χ0n) is 9.66. The van der Waals surface area contributed by atoms with Gasteiger partial charge in [-0.3, -0.25) is 0 Å². The van der Waals surface area contributed by atoms with Crippen molar-refractivity contribution in [1.82, 2.24) is 0 Å². The summed E-state index contributed by atoms with van der Waals surface area (Å²) in [6.45, 7) is 7.16. The molecule has 0 aromatic heterocycles. The van der Waals surface area contributed by atoms with Crippen LogP contribution in [0, 0.1) is 0 Å². The maximum absolute atomic E-state index is 11.5. The van der Waals surface area contributed by atoms with Gasteiger partial charge in [-0.2, -0.15) is 0 Å². The summed E-state index contributed by atoms with van der Waals surface area (Å²) in [6.07, 6.45) is 0.0469. The van der Waals surface area contributed by atoms with Gasteiger partial charge in [0, 0.05) is 6.42 Å². The van der Waals surface area contributed by atoms with Crippen LogP contribution in [0.5, 0.6) is 0 Å². The Kier molecular flexibility index (Phi) is 3.39. The van der Waals surface area contributed by atoms with E-state index in [1.807, 2.05) is 0 Å². The van der Waals surface area contributed by atoms with E-state index in [9.17, 15) is 9.90 Å². The van der Waals surface area contributed by atoms with Gasteiger partial charge in [0.25, 0.3) is 0 Å². The van der Waals surface area contributed by atoms with Crippen LogP contribution >= 0.6 is 0 Å². The van der Waals surface area contributed by atoms with E-state index in [-0.39, 0.29) is 12.1 Å². The molecule has 0 bridgehead atoms. The average molecular weight is 214 g/mol. The minimum absolute atomic E-state index is 0.346. The Bertz CT molecular complexity index is 285. The number of ether oxygens (including phenoxy) is 2. The normalized spacial score (nSPS) is 21.5. The molecule has 0 aromatic rings. The topological polar surface area (TPSA) is 55.8 Å². The Morgan fingerprint density at radius 1 is 1.67 bits per heavy atom. The summed E-state index contributed by atoms with van der Waals surface area (Å²) >= 11 is 0. The fraction of sp³-hybridized carbons (Fsp3) is 0.727. The third kappa shape index (κ3) is 2.72. The first kappa shape index (κ1) is 12.0. The summed E-state index contributed by atoms with van der Waals surface area (Å²) < 4.78 is 10.3. The van der Waals surface area contributed by atoms with E-state index in [2.05, 4.69) is 0 Å². The summed E-state index contributed by atoms with van der Waals surface area (Å²) in [5, 5.41) is 9.76. The van der Waals surface area contributed by atoms with E-state index in [1.165, 1.54) is 0 Å². The van der Waals surface area contributed by atoms with Gasteiger partial charge in [-0.05, 0) is 27.7 Å². The Hall–Kier alpha value is -1.03. The van der Waals surface area contributed by atoms with Crippen LogP contribution < -0.4 is 0 Å². The summed E-state index contributed by atoms with van der Waals surface area (Å²) in [4.78, 5) is 11.5. The molecule has 1 heterocycles. The van der Waals surface area contributed by atoms with Crippen molar-refractivity contribution in [1.29, 1.82) is 0 Å². The number of esters is 1. The quantitative estimate of drug-likeness (QED) is 0.721. The van der Waals surface area contributed by atoms with Gasteiger partial charge in [0.05, 0.1) is 17.8 Å². The second kappa shape index (κ2) is 4.23. The number of hydrogen-bond donors (Lipinski definition) is 1. The highest BCUT2D eigenvalue weighted by Crippen LogP contribution is 2.31. The Balaban J connectivity index is 2.70. The standard InChI is InChI=1S/C11H18O4/c1-5-14-10(12)8-6-9(11(3,4)13)15-7(8)2/h9,13H,5-6H2,1-4H3. The average Bonchev–Trinajstić information content (AvgIpc) is 2.47. The molecular formula is C11H18O4. The lowest BCUT2D eigenvalue weighted by molar-refractivity contribution is -0.138. The van der Waals surface area contributed by atoms with E-state index in [1.54, 1.807) is 27.7 Å². The van der Waals surface area contributed by atoms with Crippen LogP contribution in [-0.4, -0.2) is 29.4 Å². The smallest absolute Gasteiger partial charge is 0.337 e. The maximum atomic E-state index is 11.5. The fourth-order valence-corrected chi connectivity index (χ4v) is 1.49. The van der Waals surface area contributed by atoms with Crippen molar-refractivity contribution >= 4 is 5.97 Å². The fourth-order valence-electron chi connectivity index (χ4n) is 1.49. The molecule has 1 N–H and O–H groups in total. The van der Waals surface area contributed by atoms with Crippen LogP contribution in [0.25, 0.3) is 0 Å². The van der Waals surface area contributed by atoms with Crippen molar-refractivity contribution in [3.8, 4) is 0 Å². The first-order valence-electron chi connectivity index (χ1n) is 5.12. The summed E-state index contributed by atoms with van der Waals surface area (Å²) in [7, 11) is 0. The number of rotatable bonds is 3. The second-order valence-corrected chi connectivity index (χ2v) is 4.22. The predicted molar refractivity (Wildman–Crippen MR) is 55.1 cm³/mol. The molecule has 4 nitrogen and oxygen atoms in total. The van der Waals surface area contributed by atoms with Crippen molar-refractivity contribution in [2.45, 2.75) is 45.8 Å². The van der Waals surface area contributed by atoms with E-state index >= 15 is 0 Å². The van der Waals surface area contributed by atoms with Gasteiger partial charge >= 0.3 is 5.97 Å². The molecule has 1 aliphatic heterocycles. The largest absolute Gasteiger partial charge is 0.491 e. The molecule has 0 amide bonds. The van der Waals surface area contributed by atoms with Gasteiger partial charge in [0.2, 0.25) is 0 Å². The van der Waals surface area contributed by atoms with E-state index < -0.39 is 5.60 Å². The highest BCUT2D eigenvalue weighted by atomic mass is 16.5. The van der Waals surface area contributed by atoms with Gasteiger partial charge in [-0.15, -0.1) is 0 Å². The molecule has 0 fully saturated rings. The summed E-state index contributed by atoms with van der Waals surface area (Å²) in [6, 6.07) is 0. The van der Waals surface area contributed by atoms with Gasteiger partial charge < -0.3 is 14.6 Å². The van der Waals surface area contributed by atoms with Crippen molar-refractivity contribution in [3.63, 3.8) is 0 Å². The first-order valence-corrected chi connectivity index (χ1v) is 5.12. The third-order valence-corrected chi connectivity index (χ3v) is 2.44. The third-order valence-electron chi connectivity index (χ3n) is 2.44. The Labute approximate surface area is 89.9 Å². The number of carbonyl (C=O) groups is 1. The van der Waals surface area contributed by atoms with Crippen molar-refractivity contribution in [2.24, 2.45) is 0 Å². The molecule has 0 saturated heterocycles. The molecule has 0 aliphatic carbocycles.